The molecule has 0 aliphatic rings. The van der Waals surface area contributed by atoms with E-state index in [1.54, 1.807) is 55.5 Å². The second kappa shape index (κ2) is 9.24. The number of ether oxygens (including phenoxy) is 1. The molecule has 0 unspecified atom stereocenters. The van der Waals surface area contributed by atoms with Crippen LogP contribution in [0.25, 0.3) is 11.0 Å². The van der Waals surface area contributed by atoms with Crippen molar-refractivity contribution in [2.24, 2.45) is 0 Å². The Morgan fingerprint density at radius 3 is 2.41 bits per heavy atom. The monoisotopic (exact) mass is 451 g/mol. The number of hydrogen-bond acceptors (Lipinski definition) is 4. The molecule has 0 radical (unpaired) electrons. The summed E-state index contributed by atoms with van der Waals surface area (Å²) in [6.07, 6.45) is -0.493. The zero-order valence-electron chi connectivity index (χ0n) is 17.1. The Kier molecular flexibility index (Phi) is 6.23. The van der Waals surface area contributed by atoms with E-state index in [1.807, 2.05) is 0 Å². The van der Waals surface area contributed by atoms with Gasteiger partial charge in [0.25, 0.3) is 5.91 Å². The maximum Gasteiger partial charge on any atom is 0.265 e. The number of amides is 1. The van der Waals surface area contributed by atoms with E-state index in [-0.39, 0.29) is 17.2 Å². The standard InChI is InChI=1S/C25H19ClFNO4/c1-2-20(31-18-13-11-17(27)12-14-18)25(30)28-22-19-5-3-4-6-21(19)32-24(22)23(29)15-7-9-16(26)10-8-15/h3-14,20H,2H2,1H3,(H,28,30)/t20-/m1/s1. The summed E-state index contributed by atoms with van der Waals surface area (Å²) in [5.41, 5.74) is 1.11. The van der Waals surface area contributed by atoms with Gasteiger partial charge >= 0.3 is 0 Å². The van der Waals surface area contributed by atoms with Gasteiger partial charge in [-0.3, -0.25) is 9.59 Å². The first kappa shape index (κ1) is 21.6. The van der Waals surface area contributed by atoms with E-state index in [4.69, 9.17) is 20.8 Å². The van der Waals surface area contributed by atoms with Crippen molar-refractivity contribution in [2.45, 2.75) is 19.4 Å². The normalized spacial score (nSPS) is 11.8. The summed E-state index contributed by atoms with van der Waals surface area (Å²) >= 11 is 5.93. The van der Waals surface area contributed by atoms with Gasteiger partial charge in [0.1, 0.15) is 17.1 Å². The Hall–Kier alpha value is -3.64. The topological polar surface area (TPSA) is 68.5 Å². The van der Waals surface area contributed by atoms with Crippen LogP contribution < -0.4 is 10.1 Å². The van der Waals surface area contributed by atoms with Gasteiger partial charge in [-0.05, 0) is 67.1 Å². The lowest BCUT2D eigenvalue weighted by Gasteiger charge is -2.17. The molecule has 4 aromatic rings. The third-order valence-electron chi connectivity index (χ3n) is 4.91. The predicted molar refractivity (Wildman–Crippen MR) is 121 cm³/mol. The van der Waals surface area contributed by atoms with Crippen LogP contribution >= 0.6 is 11.6 Å². The number of benzene rings is 3. The fourth-order valence-electron chi connectivity index (χ4n) is 3.27. The highest BCUT2D eigenvalue weighted by Gasteiger charge is 2.26. The highest BCUT2D eigenvalue weighted by atomic mass is 35.5. The third kappa shape index (κ3) is 4.50. The molecular weight excluding hydrogens is 433 g/mol. The van der Waals surface area contributed by atoms with Gasteiger partial charge in [0.05, 0.1) is 5.69 Å². The minimum atomic E-state index is -0.854. The fourth-order valence-corrected chi connectivity index (χ4v) is 3.39. The van der Waals surface area contributed by atoms with E-state index < -0.39 is 17.8 Å². The lowest BCUT2D eigenvalue weighted by atomic mass is 10.1. The molecule has 0 fully saturated rings. The minimum Gasteiger partial charge on any atom is -0.481 e. The lowest BCUT2D eigenvalue weighted by molar-refractivity contribution is -0.122. The smallest absolute Gasteiger partial charge is 0.265 e. The molecule has 0 aliphatic carbocycles. The SMILES string of the molecule is CC[C@@H](Oc1ccc(F)cc1)C(=O)Nc1c(C(=O)c2ccc(Cl)cc2)oc2ccccc12. The van der Waals surface area contributed by atoms with Crippen molar-refractivity contribution in [2.75, 3.05) is 5.32 Å². The highest BCUT2D eigenvalue weighted by molar-refractivity contribution is 6.30. The summed E-state index contributed by atoms with van der Waals surface area (Å²) in [5, 5.41) is 3.90. The number of ketones is 1. The molecule has 7 heteroatoms. The largest absolute Gasteiger partial charge is 0.481 e. The van der Waals surface area contributed by atoms with Crippen molar-refractivity contribution in [3.05, 3.63) is 95.0 Å². The molecule has 0 bridgehead atoms. The molecule has 3 aromatic carbocycles. The number of carbonyl (C=O) groups is 2. The van der Waals surface area contributed by atoms with Crippen LogP contribution in [-0.4, -0.2) is 17.8 Å². The molecule has 0 aliphatic heterocycles. The number of anilines is 1. The van der Waals surface area contributed by atoms with Gasteiger partial charge in [-0.15, -0.1) is 0 Å². The quantitative estimate of drug-likeness (QED) is 0.337. The van der Waals surface area contributed by atoms with Gasteiger partial charge in [-0.1, -0.05) is 30.7 Å². The minimum absolute atomic E-state index is 0.0125. The van der Waals surface area contributed by atoms with Gasteiger partial charge in [0.2, 0.25) is 5.78 Å². The Morgan fingerprint density at radius 2 is 1.72 bits per heavy atom. The first-order valence-corrected chi connectivity index (χ1v) is 10.4. The number of hydrogen-bond donors (Lipinski definition) is 1. The average Bonchev–Trinajstić information content (AvgIpc) is 3.17. The number of furan rings is 1. The molecule has 1 heterocycles. The van der Waals surface area contributed by atoms with Crippen LogP contribution in [0.2, 0.25) is 5.02 Å². The molecule has 1 amide bonds. The van der Waals surface area contributed by atoms with Crippen LogP contribution in [0.3, 0.4) is 0 Å². The van der Waals surface area contributed by atoms with Crippen LogP contribution in [0.15, 0.2) is 77.2 Å². The molecule has 32 heavy (non-hydrogen) atoms. The molecule has 0 saturated carbocycles. The summed E-state index contributed by atoms with van der Waals surface area (Å²) in [7, 11) is 0. The van der Waals surface area contributed by atoms with Crippen molar-refractivity contribution in [3.8, 4) is 5.75 Å². The third-order valence-corrected chi connectivity index (χ3v) is 5.16. The number of rotatable bonds is 7. The van der Waals surface area contributed by atoms with Gasteiger partial charge in [0, 0.05) is 16.0 Å². The van der Waals surface area contributed by atoms with Gasteiger partial charge in [-0.2, -0.15) is 0 Å². The molecule has 0 saturated heterocycles. The first-order chi connectivity index (χ1) is 15.5. The molecule has 0 spiro atoms. The van der Waals surface area contributed by atoms with Crippen molar-refractivity contribution in [1.82, 2.24) is 0 Å². The summed E-state index contributed by atoms with van der Waals surface area (Å²) in [6.45, 7) is 1.79. The van der Waals surface area contributed by atoms with Crippen molar-refractivity contribution in [3.63, 3.8) is 0 Å². The van der Waals surface area contributed by atoms with E-state index in [0.29, 0.717) is 33.7 Å². The molecule has 1 atom stereocenters. The molecule has 1 aromatic heterocycles. The zero-order valence-corrected chi connectivity index (χ0v) is 17.9. The van der Waals surface area contributed by atoms with Crippen molar-refractivity contribution < 1.29 is 23.1 Å². The maximum atomic E-state index is 13.2. The van der Waals surface area contributed by atoms with Crippen LogP contribution in [-0.2, 0) is 4.79 Å². The average molecular weight is 452 g/mol. The predicted octanol–water partition coefficient (Wildman–Crippen LogP) is 6.25. The Morgan fingerprint density at radius 1 is 1.03 bits per heavy atom. The second-order valence-electron chi connectivity index (χ2n) is 7.10. The number of nitrogens with one attached hydrogen (secondary N) is 1. The van der Waals surface area contributed by atoms with E-state index in [1.165, 1.54) is 24.3 Å². The van der Waals surface area contributed by atoms with Crippen LogP contribution in [0.1, 0.15) is 29.5 Å². The number of halogens is 2. The van der Waals surface area contributed by atoms with E-state index in [2.05, 4.69) is 5.32 Å². The van der Waals surface area contributed by atoms with Crippen LogP contribution in [0.5, 0.6) is 5.75 Å². The van der Waals surface area contributed by atoms with Crippen LogP contribution in [0, 0.1) is 5.82 Å². The van der Waals surface area contributed by atoms with Gasteiger partial charge < -0.3 is 14.5 Å². The maximum absolute atomic E-state index is 13.2. The fraction of sp³-hybridized carbons (Fsp3) is 0.120. The van der Waals surface area contributed by atoms with Crippen molar-refractivity contribution in [1.29, 1.82) is 0 Å². The van der Waals surface area contributed by atoms with E-state index >= 15 is 0 Å². The van der Waals surface area contributed by atoms with E-state index in [0.717, 1.165) is 0 Å². The Balaban J connectivity index is 1.65. The molecule has 162 valence electrons. The molecule has 4 rings (SSSR count). The highest BCUT2D eigenvalue weighted by Crippen LogP contribution is 2.33. The Bertz CT molecular complexity index is 1270. The van der Waals surface area contributed by atoms with Crippen molar-refractivity contribution >= 4 is 39.9 Å². The molecular formula is C25H19ClFNO4. The molecule has 1 N–H and O–H groups in total. The lowest BCUT2D eigenvalue weighted by Crippen LogP contribution is -2.32. The van der Waals surface area contributed by atoms with Gasteiger partial charge in [0.15, 0.2) is 11.9 Å². The van der Waals surface area contributed by atoms with Gasteiger partial charge in [-0.25, -0.2) is 4.39 Å². The number of para-hydroxylation sites is 1. The summed E-state index contributed by atoms with van der Waals surface area (Å²) in [4.78, 5) is 26.2. The van der Waals surface area contributed by atoms with E-state index in [9.17, 15) is 14.0 Å². The second-order valence-corrected chi connectivity index (χ2v) is 7.53. The summed E-state index contributed by atoms with van der Waals surface area (Å²) < 4.78 is 24.7. The Labute approximate surface area is 188 Å². The number of carbonyl (C=O) groups excluding carboxylic acids is 2. The zero-order chi connectivity index (χ0) is 22.7. The molecule has 5 nitrogen and oxygen atoms in total. The number of fused-ring (bicyclic) bond motifs is 1. The van der Waals surface area contributed by atoms with Crippen LogP contribution in [0.4, 0.5) is 10.1 Å². The summed E-state index contributed by atoms with van der Waals surface area (Å²) in [5.74, 6) is -0.860. The first-order valence-electron chi connectivity index (χ1n) is 10.0. The summed E-state index contributed by atoms with van der Waals surface area (Å²) in [6, 6.07) is 18.9.